The van der Waals surface area contributed by atoms with Gasteiger partial charge in [-0.3, -0.25) is 4.79 Å². The zero-order valence-corrected chi connectivity index (χ0v) is 11.3. The highest BCUT2D eigenvalue weighted by atomic mass is 32.2. The summed E-state index contributed by atoms with van der Waals surface area (Å²) in [5, 5.41) is 9.15. The van der Waals surface area contributed by atoms with Gasteiger partial charge in [0.2, 0.25) is 5.91 Å². The van der Waals surface area contributed by atoms with E-state index in [1.807, 2.05) is 0 Å². The average molecular weight is 273 g/mol. The molecule has 0 aliphatic carbocycles. The Labute approximate surface area is 108 Å². The average Bonchev–Trinajstić information content (AvgIpc) is 2.63. The van der Waals surface area contributed by atoms with Gasteiger partial charge < -0.3 is 10.0 Å². The molecule has 2 unspecified atom stereocenters. The number of amides is 1. The van der Waals surface area contributed by atoms with Gasteiger partial charge >= 0.3 is 0 Å². The van der Waals surface area contributed by atoms with Crippen LogP contribution in [0.2, 0.25) is 0 Å². The van der Waals surface area contributed by atoms with Crippen molar-refractivity contribution in [1.82, 2.24) is 4.90 Å². The van der Waals surface area contributed by atoms with Crippen LogP contribution in [0.15, 0.2) is 0 Å². The molecule has 18 heavy (non-hydrogen) atoms. The van der Waals surface area contributed by atoms with E-state index < -0.39 is 15.9 Å². The van der Waals surface area contributed by atoms with Crippen molar-refractivity contribution in [3.05, 3.63) is 0 Å². The van der Waals surface area contributed by atoms with Crippen molar-refractivity contribution < 1.29 is 18.3 Å². The minimum absolute atomic E-state index is 0.00486. The van der Waals surface area contributed by atoms with E-state index in [9.17, 15) is 13.2 Å². The molecule has 5 nitrogen and oxygen atoms in total. The number of terminal acetylenes is 1. The molecule has 0 bridgehead atoms. The zero-order chi connectivity index (χ0) is 13.8. The molecule has 2 atom stereocenters. The predicted molar refractivity (Wildman–Crippen MR) is 68.5 cm³/mol. The quantitative estimate of drug-likeness (QED) is 0.704. The summed E-state index contributed by atoms with van der Waals surface area (Å²) in [6.07, 6.45) is 5.67. The smallest absolute Gasteiger partial charge is 0.223 e. The first kappa shape index (κ1) is 15.0. The Morgan fingerprint density at radius 1 is 1.61 bits per heavy atom. The molecule has 0 spiro atoms. The first-order valence-corrected chi connectivity index (χ1v) is 7.79. The molecule has 1 aliphatic heterocycles. The molecular weight excluding hydrogens is 254 g/mol. The minimum Gasteiger partial charge on any atom is -0.393 e. The maximum absolute atomic E-state index is 12.0. The molecule has 0 aromatic heterocycles. The van der Waals surface area contributed by atoms with Crippen LogP contribution in [-0.4, -0.2) is 54.5 Å². The van der Waals surface area contributed by atoms with Crippen LogP contribution >= 0.6 is 0 Å². The van der Waals surface area contributed by atoms with Crippen LogP contribution in [0.25, 0.3) is 0 Å². The normalized spacial score (nSPS) is 23.3. The highest BCUT2D eigenvalue weighted by Gasteiger charge is 2.34. The van der Waals surface area contributed by atoms with Crippen molar-refractivity contribution in [1.29, 1.82) is 0 Å². The number of carbonyl (C=O) groups excluding carboxylic acids is 1. The fourth-order valence-corrected chi connectivity index (χ4v) is 3.75. The lowest BCUT2D eigenvalue weighted by atomic mass is 10.1. The molecule has 0 saturated carbocycles. The van der Waals surface area contributed by atoms with E-state index >= 15 is 0 Å². The number of aliphatic hydroxyl groups excluding tert-OH is 1. The van der Waals surface area contributed by atoms with Crippen LogP contribution in [0.4, 0.5) is 0 Å². The summed E-state index contributed by atoms with van der Waals surface area (Å²) in [5.41, 5.74) is 0. The lowest BCUT2D eigenvalue weighted by Crippen LogP contribution is -2.41. The Balaban J connectivity index is 2.66. The van der Waals surface area contributed by atoms with Crippen molar-refractivity contribution in [3.63, 3.8) is 0 Å². The van der Waals surface area contributed by atoms with Crippen molar-refractivity contribution >= 4 is 15.7 Å². The van der Waals surface area contributed by atoms with Gasteiger partial charge in [-0.1, -0.05) is 5.92 Å². The fraction of sp³-hybridized carbons (Fsp3) is 0.750. The first-order valence-electron chi connectivity index (χ1n) is 5.97. The van der Waals surface area contributed by atoms with Gasteiger partial charge in [-0.2, -0.15) is 0 Å². The third kappa shape index (κ3) is 4.31. The Hall–Kier alpha value is -1.06. The van der Waals surface area contributed by atoms with E-state index in [0.29, 0.717) is 12.8 Å². The summed E-state index contributed by atoms with van der Waals surface area (Å²) in [7, 11) is -3.04. The topological polar surface area (TPSA) is 74.7 Å². The van der Waals surface area contributed by atoms with Crippen LogP contribution in [0.1, 0.15) is 26.2 Å². The third-order valence-electron chi connectivity index (χ3n) is 3.01. The monoisotopic (exact) mass is 273 g/mol. The summed E-state index contributed by atoms with van der Waals surface area (Å²) in [5.74, 6) is 2.31. The molecule has 1 aliphatic rings. The number of nitrogens with zero attached hydrogens (tertiary/aromatic N) is 1. The standard InChI is InChI=1S/C12H19NO4S/c1-3-7-13(12(15)5-4-10(2)14)11-6-8-18(16,17)9-11/h1,10-11,14H,4-9H2,2H3. The second-order valence-electron chi connectivity index (χ2n) is 4.67. The van der Waals surface area contributed by atoms with Crippen LogP contribution in [0.3, 0.4) is 0 Å². The molecule has 1 rings (SSSR count). The number of sulfone groups is 1. The van der Waals surface area contributed by atoms with Crippen LogP contribution in [0, 0.1) is 12.3 Å². The second-order valence-corrected chi connectivity index (χ2v) is 6.90. The number of rotatable bonds is 5. The zero-order valence-electron chi connectivity index (χ0n) is 10.5. The Morgan fingerprint density at radius 3 is 2.72 bits per heavy atom. The van der Waals surface area contributed by atoms with Gasteiger partial charge in [0.25, 0.3) is 0 Å². The van der Waals surface area contributed by atoms with Gasteiger partial charge in [0, 0.05) is 12.5 Å². The van der Waals surface area contributed by atoms with Gasteiger partial charge in [-0.15, -0.1) is 6.42 Å². The minimum atomic E-state index is -3.04. The highest BCUT2D eigenvalue weighted by molar-refractivity contribution is 7.91. The van der Waals surface area contributed by atoms with E-state index in [-0.39, 0.29) is 36.4 Å². The van der Waals surface area contributed by atoms with Crippen molar-refractivity contribution in [3.8, 4) is 12.3 Å². The van der Waals surface area contributed by atoms with E-state index in [4.69, 9.17) is 11.5 Å². The van der Waals surface area contributed by atoms with Crippen LogP contribution in [0.5, 0.6) is 0 Å². The summed E-state index contributed by atoms with van der Waals surface area (Å²) < 4.78 is 22.8. The predicted octanol–water partition coefficient (Wildman–Crippen LogP) is -0.204. The lowest BCUT2D eigenvalue weighted by molar-refractivity contribution is -0.132. The largest absolute Gasteiger partial charge is 0.393 e. The molecule has 6 heteroatoms. The molecule has 1 amide bonds. The van der Waals surface area contributed by atoms with E-state index in [2.05, 4.69) is 5.92 Å². The number of aliphatic hydroxyl groups is 1. The van der Waals surface area contributed by atoms with E-state index in [1.165, 1.54) is 4.90 Å². The van der Waals surface area contributed by atoms with Gasteiger partial charge in [-0.25, -0.2) is 8.42 Å². The van der Waals surface area contributed by atoms with Gasteiger partial charge in [0.05, 0.1) is 24.2 Å². The summed E-state index contributed by atoms with van der Waals surface area (Å²) in [6, 6.07) is -0.312. The molecule has 1 N–H and O–H groups in total. The summed E-state index contributed by atoms with van der Waals surface area (Å²) in [4.78, 5) is 13.4. The van der Waals surface area contributed by atoms with E-state index in [1.54, 1.807) is 6.92 Å². The van der Waals surface area contributed by atoms with Gasteiger partial charge in [0.1, 0.15) is 0 Å². The Bertz CT molecular complexity index is 435. The first-order chi connectivity index (χ1) is 8.35. The molecule has 1 fully saturated rings. The molecule has 0 aromatic carbocycles. The maximum atomic E-state index is 12.0. The molecule has 102 valence electrons. The third-order valence-corrected chi connectivity index (χ3v) is 4.76. The van der Waals surface area contributed by atoms with Crippen LogP contribution in [-0.2, 0) is 14.6 Å². The molecule has 0 radical (unpaired) electrons. The second kappa shape index (κ2) is 6.21. The SMILES string of the molecule is C#CCN(C(=O)CCC(C)O)C1CCS(=O)(=O)C1. The van der Waals surface area contributed by atoms with Crippen molar-refractivity contribution in [2.75, 3.05) is 18.1 Å². The Kier molecular flexibility index (Phi) is 5.17. The number of hydrogen-bond acceptors (Lipinski definition) is 4. The van der Waals surface area contributed by atoms with E-state index in [0.717, 1.165) is 0 Å². The number of hydrogen-bond donors (Lipinski definition) is 1. The maximum Gasteiger partial charge on any atom is 0.223 e. The highest BCUT2D eigenvalue weighted by Crippen LogP contribution is 2.18. The van der Waals surface area contributed by atoms with Gasteiger partial charge in [-0.05, 0) is 19.8 Å². The van der Waals surface area contributed by atoms with Crippen LogP contribution < -0.4 is 0 Å². The molecular formula is C12H19NO4S. The molecule has 1 saturated heterocycles. The van der Waals surface area contributed by atoms with Gasteiger partial charge in [0.15, 0.2) is 9.84 Å². The van der Waals surface area contributed by atoms with Crippen molar-refractivity contribution in [2.45, 2.75) is 38.3 Å². The van der Waals surface area contributed by atoms with Crippen molar-refractivity contribution in [2.24, 2.45) is 0 Å². The Morgan fingerprint density at radius 2 is 2.28 bits per heavy atom. The molecule has 0 aromatic rings. The number of carbonyl (C=O) groups is 1. The summed E-state index contributed by atoms with van der Waals surface area (Å²) >= 11 is 0. The summed E-state index contributed by atoms with van der Waals surface area (Å²) in [6.45, 7) is 1.73. The molecule has 1 heterocycles. The lowest BCUT2D eigenvalue weighted by Gasteiger charge is -2.26. The fourth-order valence-electron chi connectivity index (χ4n) is 2.02.